The van der Waals surface area contributed by atoms with Crippen LogP contribution in [0.2, 0.25) is 0 Å². The van der Waals surface area contributed by atoms with Crippen LogP contribution in [0.1, 0.15) is 32.8 Å². The minimum atomic E-state index is -0.306. The first-order valence-electron chi connectivity index (χ1n) is 14.4. The molecule has 1 N–H and O–H groups in total. The molecule has 3 heterocycles. The van der Waals surface area contributed by atoms with E-state index < -0.39 is 0 Å². The minimum Gasteiger partial charge on any atom is -0.451 e. The Morgan fingerprint density at radius 2 is 1.67 bits per heavy atom. The van der Waals surface area contributed by atoms with Crippen LogP contribution in [0.15, 0.2) is 101 Å². The van der Waals surface area contributed by atoms with Gasteiger partial charge in [0.1, 0.15) is 11.6 Å². The molecule has 7 heteroatoms. The Kier molecular flexibility index (Phi) is 6.98. The molecule has 0 atom stereocenters. The lowest BCUT2D eigenvalue weighted by molar-refractivity contribution is 0.0959. The second-order valence-electron chi connectivity index (χ2n) is 10.9. The third kappa shape index (κ3) is 5.18. The number of anilines is 2. The zero-order valence-electron chi connectivity index (χ0n) is 23.5. The Bertz CT molecular complexity index is 1870. The second kappa shape index (κ2) is 11.2. The molecule has 0 aliphatic carbocycles. The third-order valence-corrected chi connectivity index (χ3v) is 8.25. The predicted molar refractivity (Wildman–Crippen MR) is 166 cm³/mol. The normalized spacial score (nSPS) is 14.6. The van der Waals surface area contributed by atoms with E-state index in [-0.39, 0.29) is 18.3 Å². The summed E-state index contributed by atoms with van der Waals surface area (Å²) in [5.41, 5.74) is 7.73. The Morgan fingerprint density at radius 3 is 2.47 bits per heavy atom. The molecular formula is C36H29FN4O2. The second-order valence-corrected chi connectivity index (χ2v) is 10.9. The number of rotatable bonds is 5. The van der Waals surface area contributed by atoms with Crippen molar-refractivity contribution >= 4 is 17.3 Å². The lowest BCUT2D eigenvalue weighted by Gasteiger charge is -2.31. The van der Waals surface area contributed by atoms with Crippen molar-refractivity contribution in [3.05, 3.63) is 131 Å². The van der Waals surface area contributed by atoms with E-state index in [1.54, 1.807) is 23.1 Å². The van der Waals surface area contributed by atoms with Gasteiger partial charge in [0.2, 0.25) is 0 Å². The van der Waals surface area contributed by atoms with Crippen molar-refractivity contribution in [3.63, 3.8) is 0 Å². The van der Waals surface area contributed by atoms with Gasteiger partial charge in [0.25, 0.3) is 5.91 Å². The number of carbonyl (C=O) groups excluding carboxylic acids is 1. The van der Waals surface area contributed by atoms with Crippen LogP contribution in [-0.4, -0.2) is 32.1 Å². The quantitative estimate of drug-likeness (QED) is 0.253. The molecule has 212 valence electrons. The summed E-state index contributed by atoms with van der Waals surface area (Å²) in [7, 11) is 0. The van der Waals surface area contributed by atoms with Gasteiger partial charge in [-0.1, -0.05) is 36.4 Å². The first-order valence-corrected chi connectivity index (χ1v) is 14.4. The summed E-state index contributed by atoms with van der Waals surface area (Å²) in [6.45, 7) is 3.99. The van der Waals surface area contributed by atoms with E-state index in [0.717, 1.165) is 70.9 Å². The van der Waals surface area contributed by atoms with Gasteiger partial charge < -0.3 is 19.5 Å². The van der Waals surface area contributed by atoms with Crippen LogP contribution in [0.5, 0.6) is 0 Å². The molecule has 4 aromatic carbocycles. The highest BCUT2D eigenvalue weighted by Crippen LogP contribution is 2.38. The molecule has 6 nitrogen and oxygen atoms in total. The summed E-state index contributed by atoms with van der Waals surface area (Å²) >= 11 is 0. The van der Waals surface area contributed by atoms with Crippen molar-refractivity contribution < 1.29 is 13.6 Å². The molecule has 1 aromatic heterocycles. The number of nitrogens with one attached hydrogen (secondary N) is 1. The average Bonchev–Trinajstić information content (AvgIpc) is 3.44. The summed E-state index contributed by atoms with van der Waals surface area (Å²) in [6, 6.07) is 31.9. The number of halogens is 1. The SMILES string of the molecule is N#Cc1ccc(-c2cc3c(o2)C(=O)N(Cc2ccccc2-c2cccc(F)c2)c2ccc(N4CCNCC4)cc2C3)cc1. The Labute approximate surface area is 249 Å². The standard InChI is InChI=1S/C36H29FN4O2/c37-30-6-3-5-26(19-30)32-7-2-1-4-27(32)23-41-33-13-12-31(40-16-14-39-15-17-40)20-28(33)18-29-21-34(43-35(29)36(41)42)25-10-8-24(22-38)9-11-25/h1-13,19-21,39H,14-18,23H2. The number of hydrogen-bond acceptors (Lipinski definition) is 5. The minimum absolute atomic E-state index is 0.224. The summed E-state index contributed by atoms with van der Waals surface area (Å²) < 4.78 is 20.5. The van der Waals surface area contributed by atoms with E-state index in [2.05, 4.69) is 28.4 Å². The highest BCUT2D eigenvalue weighted by atomic mass is 19.1. The van der Waals surface area contributed by atoms with Crippen molar-refractivity contribution in [3.8, 4) is 28.5 Å². The van der Waals surface area contributed by atoms with E-state index in [1.807, 2.05) is 54.6 Å². The van der Waals surface area contributed by atoms with Crippen LogP contribution in [-0.2, 0) is 13.0 Å². The number of carbonyl (C=O) groups is 1. The molecule has 0 bridgehead atoms. The molecule has 0 spiro atoms. The maximum absolute atomic E-state index is 14.3. The summed E-state index contributed by atoms with van der Waals surface area (Å²) in [5, 5.41) is 12.6. The first kappa shape index (κ1) is 26.7. The molecule has 2 aliphatic heterocycles. The third-order valence-electron chi connectivity index (χ3n) is 8.25. The Morgan fingerprint density at radius 1 is 0.860 bits per heavy atom. The molecule has 2 aliphatic rings. The van der Waals surface area contributed by atoms with Gasteiger partial charge in [-0.2, -0.15) is 5.26 Å². The topological polar surface area (TPSA) is 72.5 Å². The molecule has 43 heavy (non-hydrogen) atoms. The number of hydrogen-bond donors (Lipinski definition) is 1. The van der Waals surface area contributed by atoms with Crippen molar-refractivity contribution in [2.45, 2.75) is 13.0 Å². The molecular weight excluding hydrogens is 539 g/mol. The van der Waals surface area contributed by atoms with Crippen LogP contribution in [0.3, 0.4) is 0 Å². The van der Waals surface area contributed by atoms with Crippen molar-refractivity contribution in [2.75, 3.05) is 36.0 Å². The monoisotopic (exact) mass is 568 g/mol. The van der Waals surface area contributed by atoms with Gasteiger partial charge in [0, 0.05) is 55.1 Å². The number of benzene rings is 4. The molecule has 1 fully saturated rings. The Hall–Kier alpha value is -5.19. The number of amides is 1. The highest BCUT2D eigenvalue weighted by molar-refractivity contribution is 6.07. The molecule has 0 unspecified atom stereocenters. The van der Waals surface area contributed by atoms with E-state index in [0.29, 0.717) is 23.5 Å². The fourth-order valence-electron chi connectivity index (χ4n) is 6.05. The summed E-state index contributed by atoms with van der Waals surface area (Å²) in [5.74, 6) is 0.365. The first-order chi connectivity index (χ1) is 21.1. The van der Waals surface area contributed by atoms with Gasteiger partial charge in [-0.05, 0) is 82.9 Å². The lowest BCUT2D eigenvalue weighted by Crippen LogP contribution is -2.43. The maximum atomic E-state index is 14.3. The highest BCUT2D eigenvalue weighted by Gasteiger charge is 2.32. The lowest BCUT2D eigenvalue weighted by atomic mass is 9.98. The van der Waals surface area contributed by atoms with Crippen LogP contribution < -0.4 is 15.1 Å². The number of piperazine rings is 1. The van der Waals surface area contributed by atoms with Gasteiger partial charge in [-0.3, -0.25) is 4.79 Å². The van der Waals surface area contributed by atoms with Crippen LogP contribution in [0, 0.1) is 17.1 Å². The van der Waals surface area contributed by atoms with E-state index in [4.69, 9.17) is 4.42 Å². The van der Waals surface area contributed by atoms with Crippen LogP contribution in [0.25, 0.3) is 22.5 Å². The summed E-state index contributed by atoms with van der Waals surface area (Å²) in [4.78, 5) is 18.5. The predicted octanol–water partition coefficient (Wildman–Crippen LogP) is 6.79. The molecule has 7 rings (SSSR count). The summed E-state index contributed by atoms with van der Waals surface area (Å²) in [6.07, 6.45) is 0.540. The number of nitrogens with zero attached hydrogens (tertiary/aromatic N) is 3. The van der Waals surface area contributed by atoms with Gasteiger partial charge in [-0.15, -0.1) is 0 Å². The van der Waals surface area contributed by atoms with Gasteiger partial charge in [0.05, 0.1) is 18.2 Å². The Balaban J connectivity index is 1.33. The average molecular weight is 569 g/mol. The van der Waals surface area contributed by atoms with Gasteiger partial charge in [-0.25, -0.2) is 4.39 Å². The molecule has 5 aromatic rings. The zero-order chi connectivity index (χ0) is 29.3. The number of nitriles is 1. The molecule has 0 saturated carbocycles. The largest absolute Gasteiger partial charge is 0.451 e. The molecule has 1 saturated heterocycles. The molecule has 0 radical (unpaired) electrons. The van der Waals surface area contributed by atoms with Crippen LogP contribution in [0.4, 0.5) is 15.8 Å². The van der Waals surface area contributed by atoms with Crippen molar-refractivity contribution in [1.29, 1.82) is 5.26 Å². The number of furan rings is 1. The maximum Gasteiger partial charge on any atom is 0.294 e. The number of fused-ring (bicyclic) bond motifs is 2. The van der Waals surface area contributed by atoms with Crippen molar-refractivity contribution in [2.24, 2.45) is 0 Å². The van der Waals surface area contributed by atoms with Crippen molar-refractivity contribution in [1.82, 2.24) is 5.32 Å². The molecule has 1 amide bonds. The van der Waals surface area contributed by atoms with E-state index >= 15 is 0 Å². The van der Waals surface area contributed by atoms with Crippen LogP contribution >= 0.6 is 0 Å². The zero-order valence-corrected chi connectivity index (χ0v) is 23.5. The fourth-order valence-corrected chi connectivity index (χ4v) is 6.05. The van der Waals surface area contributed by atoms with Gasteiger partial charge in [0.15, 0.2) is 5.76 Å². The smallest absolute Gasteiger partial charge is 0.294 e. The van der Waals surface area contributed by atoms with Gasteiger partial charge >= 0.3 is 0 Å². The van der Waals surface area contributed by atoms with E-state index in [9.17, 15) is 14.4 Å². The fraction of sp³-hybridized carbons (Fsp3) is 0.167. The van der Waals surface area contributed by atoms with E-state index in [1.165, 1.54) is 12.1 Å².